The molecule has 0 saturated carbocycles. The summed E-state index contributed by atoms with van der Waals surface area (Å²) in [6, 6.07) is 10.5. The molecule has 0 saturated heterocycles. The Bertz CT molecular complexity index is 555. The van der Waals surface area contributed by atoms with Crippen LogP contribution in [0.3, 0.4) is 0 Å². The molecule has 1 aromatic heterocycles. The number of allylic oxidation sites excluding steroid dienone is 1. The van der Waals surface area contributed by atoms with Crippen molar-refractivity contribution in [3.05, 3.63) is 60.1 Å². The molecule has 0 bridgehead atoms. The van der Waals surface area contributed by atoms with E-state index in [1.54, 1.807) is 0 Å². The molecule has 0 aliphatic carbocycles. The Kier molecular flexibility index (Phi) is 4.05. The molecule has 2 rings (SSSR count). The van der Waals surface area contributed by atoms with Crippen molar-refractivity contribution in [3.63, 3.8) is 0 Å². The highest BCUT2D eigenvalue weighted by Crippen LogP contribution is 2.23. The molecule has 19 heavy (non-hydrogen) atoms. The Balaban J connectivity index is 2.20. The molecule has 1 heterocycles. The molecular weight excluding hydrogens is 234 g/mol. The van der Waals surface area contributed by atoms with Gasteiger partial charge in [-0.25, -0.2) is 4.98 Å². The quantitative estimate of drug-likeness (QED) is 0.833. The van der Waals surface area contributed by atoms with Gasteiger partial charge in [0.15, 0.2) is 0 Å². The van der Waals surface area contributed by atoms with E-state index < -0.39 is 0 Å². The van der Waals surface area contributed by atoms with E-state index in [4.69, 9.17) is 5.73 Å². The van der Waals surface area contributed by atoms with Crippen LogP contribution in [0.15, 0.2) is 43.0 Å². The Morgan fingerprint density at radius 1 is 1.37 bits per heavy atom. The minimum Gasteiger partial charge on any atom is -0.384 e. The number of nitrogens with two attached hydrogens (primary N) is 1. The van der Waals surface area contributed by atoms with Gasteiger partial charge in [-0.05, 0) is 24.8 Å². The van der Waals surface area contributed by atoms with Crippen molar-refractivity contribution in [2.45, 2.75) is 32.7 Å². The number of anilines is 1. The molecule has 0 spiro atoms. The van der Waals surface area contributed by atoms with Crippen LogP contribution in [-0.2, 0) is 13.0 Å². The summed E-state index contributed by atoms with van der Waals surface area (Å²) in [7, 11) is 0. The highest BCUT2D eigenvalue weighted by atomic mass is 15.1. The van der Waals surface area contributed by atoms with Crippen molar-refractivity contribution in [2.24, 2.45) is 0 Å². The third-order valence-corrected chi connectivity index (χ3v) is 3.45. The van der Waals surface area contributed by atoms with Crippen LogP contribution in [0.1, 0.15) is 29.9 Å². The smallest absolute Gasteiger partial charge is 0.127 e. The van der Waals surface area contributed by atoms with Gasteiger partial charge >= 0.3 is 0 Å². The van der Waals surface area contributed by atoms with E-state index in [0.717, 1.165) is 23.8 Å². The Morgan fingerprint density at radius 2 is 2.05 bits per heavy atom. The largest absolute Gasteiger partial charge is 0.384 e. The fourth-order valence-corrected chi connectivity index (χ4v) is 2.34. The van der Waals surface area contributed by atoms with Gasteiger partial charge in [0.25, 0.3) is 0 Å². The standard InChI is InChI=1S/C16H21N3/c1-4-10-19-13(3)18-15(16(19)17)11-12(2)14-8-6-5-7-9-14/h4-9,12H,1,10-11,17H2,2-3H3. The topological polar surface area (TPSA) is 43.8 Å². The molecule has 0 aliphatic heterocycles. The normalized spacial score (nSPS) is 12.3. The number of rotatable bonds is 5. The van der Waals surface area contributed by atoms with E-state index in [1.807, 2.05) is 23.6 Å². The van der Waals surface area contributed by atoms with Gasteiger partial charge in [-0.1, -0.05) is 43.3 Å². The van der Waals surface area contributed by atoms with Gasteiger partial charge in [-0.2, -0.15) is 0 Å². The first-order chi connectivity index (χ1) is 9.13. The summed E-state index contributed by atoms with van der Waals surface area (Å²) in [5, 5.41) is 0. The molecular formula is C16H21N3. The second kappa shape index (κ2) is 5.74. The zero-order valence-corrected chi connectivity index (χ0v) is 11.6. The van der Waals surface area contributed by atoms with Crippen LogP contribution in [0.4, 0.5) is 5.82 Å². The van der Waals surface area contributed by atoms with Crippen molar-refractivity contribution in [3.8, 4) is 0 Å². The van der Waals surface area contributed by atoms with Crippen LogP contribution in [0.2, 0.25) is 0 Å². The number of hydrogen-bond acceptors (Lipinski definition) is 2. The maximum absolute atomic E-state index is 6.17. The average molecular weight is 255 g/mol. The Labute approximate surface area is 114 Å². The molecule has 3 heteroatoms. The van der Waals surface area contributed by atoms with Crippen LogP contribution in [0.5, 0.6) is 0 Å². The van der Waals surface area contributed by atoms with Crippen molar-refractivity contribution < 1.29 is 0 Å². The highest BCUT2D eigenvalue weighted by molar-refractivity contribution is 5.39. The maximum Gasteiger partial charge on any atom is 0.127 e. The predicted octanol–water partition coefficient (Wildman–Crippen LogP) is 3.31. The van der Waals surface area contributed by atoms with Crippen LogP contribution in [0, 0.1) is 6.92 Å². The van der Waals surface area contributed by atoms with Gasteiger partial charge < -0.3 is 10.3 Å². The van der Waals surface area contributed by atoms with Crippen molar-refractivity contribution >= 4 is 5.82 Å². The van der Waals surface area contributed by atoms with Crippen LogP contribution in [0.25, 0.3) is 0 Å². The number of hydrogen-bond donors (Lipinski definition) is 1. The van der Waals surface area contributed by atoms with Gasteiger partial charge in [-0.15, -0.1) is 6.58 Å². The van der Waals surface area contributed by atoms with E-state index in [2.05, 4.69) is 42.8 Å². The molecule has 0 amide bonds. The molecule has 0 fully saturated rings. The molecule has 1 aromatic carbocycles. The SMILES string of the molecule is C=CCn1c(C)nc(CC(C)c2ccccc2)c1N. The average Bonchev–Trinajstić information content (AvgIpc) is 2.68. The summed E-state index contributed by atoms with van der Waals surface area (Å²) < 4.78 is 2.00. The fourth-order valence-electron chi connectivity index (χ4n) is 2.34. The minimum absolute atomic E-state index is 0.412. The second-order valence-corrected chi connectivity index (χ2v) is 4.91. The highest BCUT2D eigenvalue weighted by Gasteiger charge is 2.14. The Hall–Kier alpha value is -2.03. The molecule has 2 N–H and O–H groups in total. The monoisotopic (exact) mass is 255 g/mol. The van der Waals surface area contributed by atoms with Crippen molar-refractivity contribution in [2.75, 3.05) is 5.73 Å². The molecule has 3 nitrogen and oxygen atoms in total. The number of aromatic nitrogens is 2. The molecule has 100 valence electrons. The van der Waals surface area contributed by atoms with Crippen LogP contribution < -0.4 is 5.73 Å². The maximum atomic E-state index is 6.17. The Morgan fingerprint density at radius 3 is 2.68 bits per heavy atom. The van der Waals surface area contributed by atoms with Gasteiger partial charge in [0, 0.05) is 6.54 Å². The van der Waals surface area contributed by atoms with E-state index in [1.165, 1.54) is 5.56 Å². The van der Waals surface area contributed by atoms with Crippen LogP contribution >= 0.6 is 0 Å². The van der Waals surface area contributed by atoms with Gasteiger partial charge in [0.1, 0.15) is 11.6 Å². The molecule has 0 aliphatic rings. The fraction of sp³-hybridized carbons (Fsp3) is 0.312. The first-order valence-corrected chi connectivity index (χ1v) is 6.60. The summed E-state index contributed by atoms with van der Waals surface area (Å²) in [5.74, 6) is 2.13. The third-order valence-electron chi connectivity index (χ3n) is 3.45. The lowest BCUT2D eigenvalue weighted by Gasteiger charge is -2.11. The molecule has 1 atom stereocenters. The number of nitrogen functional groups attached to an aromatic ring is 1. The first kappa shape index (κ1) is 13.4. The second-order valence-electron chi connectivity index (χ2n) is 4.91. The summed E-state index contributed by atoms with van der Waals surface area (Å²) in [5.41, 5.74) is 8.47. The molecule has 1 unspecified atom stereocenters. The van der Waals surface area contributed by atoms with Crippen molar-refractivity contribution in [1.29, 1.82) is 0 Å². The number of aryl methyl sites for hydroxylation is 1. The van der Waals surface area contributed by atoms with E-state index in [0.29, 0.717) is 12.5 Å². The first-order valence-electron chi connectivity index (χ1n) is 6.60. The zero-order chi connectivity index (χ0) is 13.8. The number of benzene rings is 1. The van der Waals surface area contributed by atoms with E-state index in [-0.39, 0.29) is 0 Å². The van der Waals surface area contributed by atoms with Crippen molar-refractivity contribution in [1.82, 2.24) is 9.55 Å². The molecule has 2 aromatic rings. The lowest BCUT2D eigenvalue weighted by molar-refractivity contribution is 0.745. The zero-order valence-electron chi connectivity index (χ0n) is 11.6. The summed E-state index contributed by atoms with van der Waals surface area (Å²) in [6.45, 7) is 8.65. The lowest BCUT2D eigenvalue weighted by atomic mass is 9.96. The minimum atomic E-state index is 0.412. The van der Waals surface area contributed by atoms with E-state index >= 15 is 0 Å². The van der Waals surface area contributed by atoms with Crippen LogP contribution in [-0.4, -0.2) is 9.55 Å². The van der Waals surface area contributed by atoms with Gasteiger partial charge in [0.05, 0.1) is 5.69 Å². The summed E-state index contributed by atoms with van der Waals surface area (Å²) in [4.78, 5) is 4.58. The summed E-state index contributed by atoms with van der Waals surface area (Å²) in [6.07, 6.45) is 2.70. The summed E-state index contributed by atoms with van der Waals surface area (Å²) >= 11 is 0. The van der Waals surface area contributed by atoms with Gasteiger partial charge in [0.2, 0.25) is 0 Å². The van der Waals surface area contributed by atoms with Gasteiger partial charge in [-0.3, -0.25) is 0 Å². The predicted molar refractivity (Wildman–Crippen MR) is 80.1 cm³/mol. The number of nitrogens with zero attached hydrogens (tertiary/aromatic N) is 2. The lowest BCUT2D eigenvalue weighted by Crippen LogP contribution is -2.05. The number of imidazole rings is 1. The molecule has 0 radical (unpaired) electrons. The third kappa shape index (κ3) is 2.87. The van der Waals surface area contributed by atoms with E-state index in [9.17, 15) is 0 Å².